The first-order valence-corrected chi connectivity index (χ1v) is 11.3. The molecule has 1 N–H and O–H groups in total. The third kappa shape index (κ3) is 5.34. The van der Waals surface area contributed by atoms with Gasteiger partial charge in [-0.15, -0.1) is 10.2 Å². The lowest BCUT2D eigenvalue weighted by atomic mass is 10.2. The van der Waals surface area contributed by atoms with Gasteiger partial charge < -0.3 is 14.8 Å². The number of pyridine rings is 1. The standard InChI is InChI=1S/C24H22FN5O3S/c1-32-20-8-3-16(13-21(20)33-2)14-27-22(31)15-34-24-29-28-23(17-9-11-26-12-10-17)30(24)19-6-4-18(25)5-7-19/h3-13H,14-15H2,1-2H3,(H,27,31). The number of nitrogens with one attached hydrogen (secondary N) is 1. The van der Waals surface area contributed by atoms with Crippen LogP contribution < -0.4 is 14.8 Å². The first-order valence-electron chi connectivity index (χ1n) is 10.3. The highest BCUT2D eigenvalue weighted by Crippen LogP contribution is 2.29. The third-order valence-electron chi connectivity index (χ3n) is 4.93. The summed E-state index contributed by atoms with van der Waals surface area (Å²) in [5.41, 5.74) is 2.37. The fourth-order valence-electron chi connectivity index (χ4n) is 3.25. The Labute approximate surface area is 200 Å². The molecule has 0 spiro atoms. The van der Waals surface area contributed by atoms with Gasteiger partial charge in [0.1, 0.15) is 5.82 Å². The van der Waals surface area contributed by atoms with E-state index in [4.69, 9.17) is 9.47 Å². The average Bonchev–Trinajstić information content (AvgIpc) is 3.31. The van der Waals surface area contributed by atoms with Crippen LogP contribution in [0, 0.1) is 5.82 Å². The smallest absolute Gasteiger partial charge is 0.230 e. The summed E-state index contributed by atoms with van der Waals surface area (Å²) < 4.78 is 25.8. The second-order valence-electron chi connectivity index (χ2n) is 7.11. The summed E-state index contributed by atoms with van der Waals surface area (Å²) in [7, 11) is 3.13. The number of halogens is 1. The van der Waals surface area contributed by atoms with Crippen LogP contribution in [0.25, 0.3) is 17.1 Å². The molecule has 0 fully saturated rings. The Balaban J connectivity index is 1.48. The monoisotopic (exact) mass is 479 g/mol. The summed E-state index contributed by atoms with van der Waals surface area (Å²) in [6.45, 7) is 0.340. The van der Waals surface area contributed by atoms with Crippen molar-refractivity contribution in [2.45, 2.75) is 11.7 Å². The highest BCUT2D eigenvalue weighted by molar-refractivity contribution is 7.99. The maximum atomic E-state index is 13.5. The topological polar surface area (TPSA) is 91.2 Å². The number of methoxy groups -OCH3 is 2. The van der Waals surface area contributed by atoms with Crippen LogP contribution in [0.3, 0.4) is 0 Å². The number of amides is 1. The number of benzene rings is 2. The van der Waals surface area contributed by atoms with E-state index in [1.54, 1.807) is 49.4 Å². The lowest BCUT2D eigenvalue weighted by Gasteiger charge is -2.11. The molecule has 0 aliphatic carbocycles. The van der Waals surface area contributed by atoms with Crippen LogP contribution in [0.1, 0.15) is 5.56 Å². The first kappa shape index (κ1) is 23.2. The number of hydrogen-bond donors (Lipinski definition) is 1. The zero-order valence-corrected chi connectivity index (χ0v) is 19.4. The predicted molar refractivity (Wildman–Crippen MR) is 127 cm³/mol. The van der Waals surface area contributed by atoms with Gasteiger partial charge >= 0.3 is 0 Å². The summed E-state index contributed by atoms with van der Waals surface area (Å²) in [5.74, 6) is 1.41. The maximum absolute atomic E-state index is 13.5. The lowest BCUT2D eigenvalue weighted by Crippen LogP contribution is -2.24. The molecule has 0 bridgehead atoms. The van der Waals surface area contributed by atoms with Gasteiger partial charge in [-0.2, -0.15) is 0 Å². The van der Waals surface area contributed by atoms with E-state index in [1.807, 2.05) is 24.3 Å². The molecule has 0 aliphatic rings. The quantitative estimate of drug-likeness (QED) is 0.364. The van der Waals surface area contributed by atoms with Gasteiger partial charge in [-0.1, -0.05) is 17.8 Å². The minimum atomic E-state index is -0.342. The Hall–Kier alpha value is -3.92. The summed E-state index contributed by atoms with van der Waals surface area (Å²) >= 11 is 1.24. The number of hydrogen-bond acceptors (Lipinski definition) is 7. The normalized spacial score (nSPS) is 10.7. The van der Waals surface area contributed by atoms with E-state index >= 15 is 0 Å². The Kier molecular flexibility index (Phi) is 7.38. The minimum Gasteiger partial charge on any atom is -0.493 e. The van der Waals surface area contributed by atoms with Crippen molar-refractivity contribution < 1.29 is 18.7 Å². The van der Waals surface area contributed by atoms with E-state index in [1.165, 1.54) is 23.9 Å². The molecule has 2 aromatic carbocycles. The zero-order chi connectivity index (χ0) is 23.9. The van der Waals surface area contributed by atoms with Gasteiger partial charge in [0.2, 0.25) is 5.91 Å². The molecular formula is C24H22FN5O3S. The van der Waals surface area contributed by atoms with Crippen LogP contribution >= 0.6 is 11.8 Å². The molecule has 0 unspecified atom stereocenters. The van der Waals surface area contributed by atoms with Gasteiger partial charge in [0.05, 0.1) is 20.0 Å². The molecule has 2 heterocycles. The first-order chi connectivity index (χ1) is 16.6. The summed E-state index contributed by atoms with van der Waals surface area (Å²) in [4.78, 5) is 16.6. The molecule has 2 aromatic heterocycles. The van der Waals surface area contributed by atoms with Gasteiger partial charge in [-0.05, 0) is 54.1 Å². The van der Waals surface area contributed by atoms with Crippen LogP contribution in [0.5, 0.6) is 11.5 Å². The van der Waals surface area contributed by atoms with Crippen molar-refractivity contribution in [2.75, 3.05) is 20.0 Å². The lowest BCUT2D eigenvalue weighted by molar-refractivity contribution is -0.118. The van der Waals surface area contributed by atoms with Crippen LogP contribution in [-0.4, -0.2) is 45.6 Å². The van der Waals surface area contributed by atoms with Crippen molar-refractivity contribution in [2.24, 2.45) is 0 Å². The Morgan fingerprint density at radius 3 is 2.44 bits per heavy atom. The van der Waals surface area contributed by atoms with E-state index in [0.717, 1.165) is 11.1 Å². The average molecular weight is 480 g/mol. The number of rotatable bonds is 9. The van der Waals surface area contributed by atoms with Crippen molar-refractivity contribution in [1.29, 1.82) is 0 Å². The highest BCUT2D eigenvalue weighted by Gasteiger charge is 2.17. The zero-order valence-electron chi connectivity index (χ0n) is 18.6. The van der Waals surface area contributed by atoms with Gasteiger partial charge in [-0.3, -0.25) is 14.3 Å². The van der Waals surface area contributed by atoms with E-state index in [2.05, 4.69) is 20.5 Å². The van der Waals surface area contributed by atoms with Crippen molar-refractivity contribution >= 4 is 17.7 Å². The molecule has 0 aliphatic heterocycles. The SMILES string of the molecule is COc1ccc(CNC(=O)CSc2nnc(-c3ccncc3)n2-c2ccc(F)cc2)cc1OC. The molecule has 34 heavy (non-hydrogen) atoms. The van der Waals surface area contributed by atoms with Crippen molar-refractivity contribution in [3.05, 3.63) is 78.4 Å². The predicted octanol–water partition coefficient (Wildman–Crippen LogP) is 3.89. The van der Waals surface area contributed by atoms with E-state index in [0.29, 0.717) is 34.7 Å². The van der Waals surface area contributed by atoms with Crippen LogP contribution in [0.15, 0.2) is 72.1 Å². The molecule has 0 atom stereocenters. The van der Waals surface area contributed by atoms with Crippen molar-refractivity contribution in [3.63, 3.8) is 0 Å². The fraction of sp³-hybridized carbons (Fsp3) is 0.167. The highest BCUT2D eigenvalue weighted by atomic mass is 32.2. The molecule has 8 nitrogen and oxygen atoms in total. The van der Waals surface area contributed by atoms with Crippen LogP contribution in [-0.2, 0) is 11.3 Å². The molecule has 4 rings (SSSR count). The summed E-state index contributed by atoms with van der Waals surface area (Å²) in [6.07, 6.45) is 3.32. The van der Waals surface area contributed by atoms with Gasteiger partial charge in [0.25, 0.3) is 0 Å². The van der Waals surface area contributed by atoms with Gasteiger partial charge in [-0.25, -0.2) is 4.39 Å². The van der Waals surface area contributed by atoms with E-state index < -0.39 is 0 Å². The molecule has 10 heteroatoms. The van der Waals surface area contributed by atoms with Crippen LogP contribution in [0.2, 0.25) is 0 Å². The van der Waals surface area contributed by atoms with Crippen LogP contribution in [0.4, 0.5) is 4.39 Å². The molecule has 0 saturated heterocycles. The molecule has 0 saturated carbocycles. The summed E-state index contributed by atoms with van der Waals surface area (Å²) in [5, 5.41) is 12.0. The van der Waals surface area contributed by atoms with Gasteiger partial charge in [0.15, 0.2) is 22.5 Å². The largest absolute Gasteiger partial charge is 0.493 e. The van der Waals surface area contributed by atoms with Crippen molar-refractivity contribution in [1.82, 2.24) is 25.1 Å². The summed E-state index contributed by atoms with van der Waals surface area (Å²) in [6, 6.07) is 15.1. The molecule has 174 valence electrons. The Bertz CT molecular complexity index is 1270. The maximum Gasteiger partial charge on any atom is 0.230 e. The van der Waals surface area contributed by atoms with Crippen molar-refractivity contribution in [3.8, 4) is 28.6 Å². The number of ether oxygens (including phenoxy) is 2. The number of nitrogens with zero attached hydrogens (tertiary/aromatic N) is 4. The Morgan fingerprint density at radius 1 is 1.00 bits per heavy atom. The van der Waals surface area contributed by atoms with E-state index in [9.17, 15) is 9.18 Å². The molecule has 0 radical (unpaired) electrons. The third-order valence-corrected chi connectivity index (χ3v) is 5.86. The van der Waals surface area contributed by atoms with Gasteiger partial charge in [0, 0.05) is 30.2 Å². The number of thioether (sulfide) groups is 1. The molecular weight excluding hydrogens is 457 g/mol. The second kappa shape index (κ2) is 10.8. The second-order valence-corrected chi connectivity index (χ2v) is 8.05. The molecule has 4 aromatic rings. The molecule has 1 amide bonds. The number of aromatic nitrogens is 4. The minimum absolute atomic E-state index is 0.128. The fourth-order valence-corrected chi connectivity index (χ4v) is 4.03. The Morgan fingerprint density at radius 2 is 1.74 bits per heavy atom. The van der Waals surface area contributed by atoms with E-state index in [-0.39, 0.29) is 17.5 Å². The number of carbonyl (C=O) groups is 1. The number of carbonyl (C=O) groups excluding carboxylic acids is 1.